The summed E-state index contributed by atoms with van der Waals surface area (Å²) >= 11 is 1.95. The molecule has 4 fully saturated rings. The van der Waals surface area contributed by atoms with Gasteiger partial charge in [-0.05, 0) is 68.1 Å². The van der Waals surface area contributed by atoms with Crippen LogP contribution in [-0.2, 0) is 4.74 Å². The number of ether oxygens (including phenoxy) is 1. The number of rotatable bonds is 2. The fraction of sp³-hybridized carbons (Fsp3) is 0.800. The van der Waals surface area contributed by atoms with Crippen molar-refractivity contribution >= 4 is 11.9 Å². The first kappa shape index (κ1) is 27.9. The molecule has 1 saturated carbocycles. The highest BCUT2D eigenvalue weighted by Gasteiger charge is 2.37. The zero-order chi connectivity index (χ0) is 26.2. The number of fused-ring (bicyclic) bond motifs is 6. The van der Waals surface area contributed by atoms with E-state index in [-0.39, 0.29) is 30.1 Å². The normalized spacial score (nSPS) is 37.0. The summed E-state index contributed by atoms with van der Waals surface area (Å²) in [4.78, 5) is 5.44. The second-order valence-electron chi connectivity index (χ2n) is 13.3. The van der Waals surface area contributed by atoms with Crippen LogP contribution in [0, 0.1) is 25.2 Å². The van der Waals surface area contributed by atoms with E-state index < -0.39 is 0 Å². The van der Waals surface area contributed by atoms with E-state index in [9.17, 15) is 0 Å². The van der Waals surface area contributed by atoms with Gasteiger partial charge >= 0.3 is 0 Å². The Morgan fingerprint density at radius 1 is 1.00 bits per heavy atom. The molecule has 6 nitrogen and oxygen atoms in total. The van der Waals surface area contributed by atoms with Crippen LogP contribution in [0.1, 0.15) is 82.5 Å². The van der Waals surface area contributed by atoms with E-state index in [1.807, 2.05) is 11.9 Å². The Balaban J connectivity index is 1.42. The Labute approximate surface area is 230 Å². The van der Waals surface area contributed by atoms with Crippen molar-refractivity contribution in [2.75, 3.05) is 32.7 Å². The summed E-state index contributed by atoms with van der Waals surface area (Å²) in [6.07, 6.45) is 6.54. The fourth-order valence-corrected chi connectivity index (χ4v) is 8.13. The second-order valence-corrected chi connectivity index (χ2v) is 14.4. The summed E-state index contributed by atoms with van der Waals surface area (Å²) < 4.78 is 10.8. The molecule has 1 aromatic rings. The largest absolute Gasteiger partial charge is 0.357 e. The Morgan fingerprint density at radius 2 is 1.78 bits per heavy atom. The van der Waals surface area contributed by atoms with Gasteiger partial charge in [-0.25, -0.2) is 4.72 Å². The monoisotopic (exact) mass is 529 g/mol. The topological polar surface area (TPSA) is 51.8 Å². The van der Waals surface area contributed by atoms with Crippen molar-refractivity contribution in [1.82, 2.24) is 25.2 Å². The van der Waals surface area contributed by atoms with Crippen LogP contribution in [0.5, 0.6) is 0 Å². The molecule has 6 bridgehead atoms. The van der Waals surface area contributed by atoms with Gasteiger partial charge in [0.2, 0.25) is 0 Å². The molecule has 1 aromatic carbocycles. The van der Waals surface area contributed by atoms with Crippen molar-refractivity contribution in [2.24, 2.45) is 11.3 Å². The van der Waals surface area contributed by atoms with Crippen LogP contribution in [0.25, 0.3) is 0 Å². The third kappa shape index (κ3) is 6.92. The summed E-state index contributed by atoms with van der Waals surface area (Å²) in [6.45, 7) is 19.6. The molecule has 208 valence electrons. The molecule has 0 spiro atoms. The quantitative estimate of drug-likeness (QED) is 0.477. The lowest BCUT2D eigenvalue weighted by Crippen LogP contribution is -2.62. The molecule has 37 heavy (non-hydrogen) atoms. The van der Waals surface area contributed by atoms with Gasteiger partial charge < -0.3 is 4.74 Å². The van der Waals surface area contributed by atoms with Crippen molar-refractivity contribution in [3.05, 3.63) is 34.9 Å². The van der Waals surface area contributed by atoms with E-state index in [1.54, 1.807) is 0 Å². The molecule has 0 aromatic heterocycles. The molecule has 0 radical (unpaired) electrons. The molecule has 3 aliphatic heterocycles. The first-order valence-corrected chi connectivity index (χ1v) is 15.6. The van der Waals surface area contributed by atoms with Gasteiger partial charge in [0.1, 0.15) is 12.5 Å². The second kappa shape index (κ2) is 11.8. The maximum Gasteiger partial charge on any atom is 0.123 e. The molecule has 4 aliphatic rings. The van der Waals surface area contributed by atoms with Gasteiger partial charge in [-0.2, -0.15) is 0 Å². The number of nitrogens with one attached hydrogen (secondary N) is 3. The van der Waals surface area contributed by atoms with Crippen molar-refractivity contribution < 1.29 is 4.74 Å². The smallest absolute Gasteiger partial charge is 0.123 e. The van der Waals surface area contributed by atoms with E-state index in [1.165, 1.54) is 48.9 Å². The Hall–Kier alpha value is -0.670. The van der Waals surface area contributed by atoms with Crippen molar-refractivity contribution in [3.63, 3.8) is 0 Å². The third-order valence-corrected chi connectivity index (χ3v) is 10.6. The standard InChI is InChI=1S/C30H51N5OS/c1-20-9-7-10-21(2)28(20)26-16-27-32-29(31-26)33-37-25-12-8-11-23(15-25)17-34-13-14-35(19-24(18-34)36-27)22(3)30(4,5)6/h7,9-10,22-27,29,31-33H,8,11-19H2,1-6H3/t22?,23?,24-,25?,26?,27?,29?/m1/s1. The first-order valence-electron chi connectivity index (χ1n) is 14.8. The van der Waals surface area contributed by atoms with Crippen molar-refractivity contribution in [1.29, 1.82) is 0 Å². The highest BCUT2D eigenvalue weighted by Crippen LogP contribution is 2.34. The van der Waals surface area contributed by atoms with Gasteiger partial charge in [0, 0.05) is 56.5 Å². The molecule has 3 saturated heterocycles. The molecular weight excluding hydrogens is 478 g/mol. The average molecular weight is 530 g/mol. The minimum absolute atomic E-state index is 0.0141. The van der Waals surface area contributed by atoms with Crippen molar-refractivity contribution in [2.45, 2.75) is 110 Å². The van der Waals surface area contributed by atoms with Crippen LogP contribution in [0.4, 0.5) is 0 Å². The summed E-state index contributed by atoms with van der Waals surface area (Å²) in [7, 11) is 0. The maximum absolute atomic E-state index is 7.04. The van der Waals surface area contributed by atoms with E-state index >= 15 is 0 Å². The van der Waals surface area contributed by atoms with Crippen molar-refractivity contribution in [3.8, 4) is 0 Å². The van der Waals surface area contributed by atoms with E-state index in [0.29, 0.717) is 11.3 Å². The molecule has 3 N–H and O–H groups in total. The van der Waals surface area contributed by atoms with Crippen LogP contribution < -0.4 is 15.4 Å². The third-order valence-electron chi connectivity index (χ3n) is 9.43. The Morgan fingerprint density at radius 3 is 2.54 bits per heavy atom. The predicted molar refractivity (Wildman–Crippen MR) is 155 cm³/mol. The molecule has 1 aliphatic carbocycles. The molecule has 7 heteroatoms. The Bertz CT molecular complexity index is 886. The van der Waals surface area contributed by atoms with Gasteiger partial charge in [-0.3, -0.25) is 20.4 Å². The number of hydrogen-bond acceptors (Lipinski definition) is 7. The summed E-state index contributed by atoms with van der Waals surface area (Å²) in [6, 6.07) is 7.46. The maximum atomic E-state index is 7.04. The van der Waals surface area contributed by atoms with E-state index in [4.69, 9.17) is 4.74 Å². The van der Waals surface area contributed by atoms with Gasteiger partial charge in [-0.1, -0.05) is 57.3 Å². The van der Waals surface area contributed by atoms with Gasteiger partial charge in [0.15, 0.2) is 0 Å². The fourth-order valence-electron chi connectivity index (χ4n) is 7.01. The van der Waals surface area contributed by atoms with Crippen LogP contribution >= 0.6 is 11.9 Å². The molecule has 0 amide bonds. The molecule has 3 heterocycles. The minimum Gasteiger partial charge on any atom is -0.357 e. The lowest BCUT2D eigenvalue weighted by Gasteiger charge is -2.42. The highest BCUT2D eigenvalue weighted by atomic mass is 32.2. The number of nitrogens with zero attached hydrogens (tertiary/aromatic N) is 2. The number of benzene rings is 1. The minimum atomic E-state index is 0.0141. The summed E-state index contributed by atoms with van der Waals surface area (Å²) in [5.41, 5.74) is 4.41. The first-order chi connectivity index (χ1) is 17.7. The van der Waals surface area contributed by atoms with Crippen LogP contribution in [-0.4, -0.2) is 72.4 Å². The molecule has 7 unspecified atom stereocenters. The zero-order valence-corrected chi connectivity index (χ0v) is 24.9. The highest BCUT2D eigenvalue weighted by molar-refractivity contribution is 7.98. The lowest BCUT2D eigenvalue weighted by molar-refractivity contribution is -0.0801. The summed E-state index contributed by atoms with van der Waals surface area (Å²) in [5, 5.41) is 8.38. The molecule has 5 rings (SSSR count). The molecular formula is C30H51N5OS. The van der Waals surface area contributed by atoms with E-state index in [2.05, 4.69) is 84.9 Å². The van der Waals surface area contributed by atoms with Crippen LogP contribution in [0.3, 0.4) is 0 Å². The lowest BCUT2D eigenvalue weighted by atomic mass is 9.87. The SMILES string of the molecule is Cc1cccc(C)c1C1CC2NC(NSC3CCCC(C3)CN3CCN(C(C)C(C)(C)C)C[C@@H](C3)O2)N1. The average Bonchev–Trinajstić information content (AvgIpc) is 3.03. The van der Waals surface area contributed by atoms with Crippen LogP contribution in [0.15, 0.2) is 18.2 Å². The Kier molecular flexibility index (Phi) is 8.91. The number of hydrogen-bond donors (Lipinski definition) is 3. The summed E-state index contributed by atoms with van der Waals surface area (Å²) in [5.74, 6) is 0.795. The van der Waals surface area contributed by atoms with Crippen LogP contribution in [0.2, 0.25) is 0 Å². The van der Waals surface area contributed by atoms with E-state index in [0.717, 1.165) is 38.5 Å². The van der Waals surface area contributed by atoms with Gasteiger partial charge in [0.25, 0.3) is 0 Å². The van der Waals surface area contributed by atoms with Gasteiger partial charge in [-0.15, -0.1) is 0 Å². The number of aryl methyl sites for hydroxylation is 2. The predicted octanol–water partition coefficient (Wildman–Crippen LogP) is 4.78. The molecule has 8 atom stereocenters. The van der Waals surface area contributed by atoms with Gasteiger partial charge in [0.05, 0.1) is 6.10 Å². The zero-order valence-electron chi connectivity index (χ0n) is 24.1.